The molecule has 0 radical (unpaired) electrons. The predicted octanol–water partition coefficient (Wildman–Crippen LogP) is 4.49. The number of carbonyl (C=O) groups excluding carboxylic acids is 1. The Morgan fingerprint density at radius 1 is 1.29 bits per heavy atom. The average molecular weight is 335 g/mol. The van der Waals surface area contributed by atoms with Crippen LogP contribution in [0.5, 0.6) is 5.75 Å². The first kappa shape index (κ1) is 20.3. The molecule has 0 aromatic heterocycles. The van der Waals surface area contributed by atoms with E-state index in [1.807, 2.05) is 27.7 Å². The summed E-state index contributed by atoms with van der Waals surface area (Å²) in [5.41, 5.74) is 4.04. The van der Waals surface area contributed by atoms with Gasteiger partial charge in [0.15, 0.2) is 0 Å². The lowest BCUT2D eigenvalue weighted by molar-refractivity contribution is -0.118. The van der Waals surface area contributed by atoms with Gasteiger partial charge in [-0.15, -0.1) is 0 Å². The molecule has 0 saturated carbocycles. The van der Waals surface area contributed by atoms with Crippen LogP contribution in [0.1, 0.15) is 71.4 Å². The fourth-order valence-corrected chi connectivity index (χ4v) is 3.41. The summed E-state index contributed by atoms with van der Waals surface area (Å²) in [4.78, 5) is 11.0. The molecule has 24 heavy (non-hydrogen) atoms. The summed E-state index contributed by atoms with van der Waals surface area (Å²) in [6.45, 7) is 13.3. The van der Waals surface area contributed by atoms with Gasteiger partial charge in [-0.2, -0.15) is 0 Å². The molecule has 0 saturated heterocycles. The van der Waals surface area contributed by atoms with Gasteiger partial charge in [0, 0.05) is 31.1 Å². The minimum Gasteiger partial charge on any atom is -0.493 e. The number of ether oxygens (including phenoxy) is 1. The van der Waals surface area contributed by atoms with E-state index in [1.165, 1.54) is 16.8 Å². The third-order valence-electron chi connectivity index (χ3n) is 4.33. The molecule has 1 aromatic carbocycles. The first-order valence-corrected chi connectivity index (χ1v) is 9.46. The lowest BCUT2D eigenvalue weighted by atomic mass is 9.86. The molecule has 4 heteroatoms. The maximum atomic E-state index is 11.0. The predicted molar refractivity (Wildman–Crippen MR) is 102 cm³/mol. The van der Waals surface area contributed by atoms with Crippen molar-refractivity contribution < 1.29 is 9.53 Å². The highest BCUT2D eigenvalue weighted by Gasteiger charge is 2.33. The third-order valence-corrected chi connectivity index (χ3v) is 4.33. The van der Waals surface area contributed by atoms with Crippen molar-refractivity contribution in [1.82, 2.24) is 5.32 Å². The highest BCUT2D eigenvalue weighted by Crippen LogP contribution is 2.44. The molecule has 2 atom stereocenters. The standard InChI is InChI=1S/C16H22N2O2.2C2H6/c1-10-12(7-8-17-11(2)19)16-13-4-3-9-20-15(13)6-5-14(16)18-10;2*1-2/h5-6,10,12,18H,3-4,7-9H2,1-2H3,(H,17,19);2*1-2H3. The second-order valence-corrected chi connectivity index (χ2v) is 5.77. The van der Waals surface area contributed by atoms with Gasteiger partial charge in [-0.3, -0.25) is 4.79 Å². The summed E-state index contributed by atoms with van der Waals surface area (Å²) in [5, 5.41) is 6.47. The zero-order valence-electron chi connectivity index (χ0n) is 16.2. The SMILES string of the molecule is CC.CC.CC(=O)NCCC1c2c(ccc3c2CCCO3)NC1C. The molecule has 0 fully saturated rings. The van der Waals surface area contributed by atoms with Crippen LogP contribution in [0.4, 0.5) is 5.69 Å². The molecule has 2 unspecified atom stereocenters. The number of hydrogen-bond donors (Lipinski definition) is 2. The maximum Gasteiger partial charge on any atom is 0.216 e. The van der Waals surface area contributed by atoms with Crippen molar-refractivity contribution in [2.45, 2.75) is 72.8 Å². The Bertz CT molecular complexity index is 529. The largest absolute Gasteiger partial charge is 0.493 e. The second-order valence-electron chi connectivity index (χ2n) is 5.77. The molecule has 2 heterocycles. The molecule has 0 spiro atoms. The van der Waals surface area contributed by atoms with Crippen LogP contribution in [-0.2, 0) is 11.2 Å². The molecule has 2 N–H and O–H groups in total. The van der Waals surface area contributed by atoms with Crippen LogP contribution in [0, 0.1) is 0 Å². The Morgan fingerprint density at radius 3 is 2.67 bits per heavy atom. The minimum absolute atomic E-state index is 0.0438. The number of hydrogen-bond acceptors (Lipinski definition) is 3. The van der Waals surface area contributed by atoms with E-state index in [1.54, 1.807) is 6.92 Å². The Kier molecular flexibility index (Phi) is 8.66. The molecule has 0 aliphatic carbocycles. The summed E-state index contributed by atoms with van der Waals surface area (Å²) in [6.07, 6.45) is 3.16. The Hall–Kier alpha value is -1.71. The van der Waals surface area contributed by atoms with E-state index in [9.17, 15) is 4.79 Å². The molecule has 2 aliphatic rings. The van der Waals surface area contributed by atoms with Crippen LogP contribution in [0.3, 0.4) is 0 Å². The van der Waals surface area contributed by atoms with Crippen molar-refractivity contribution in [3.8, 4) is 5.75 Å². The first-order chi connectivity index (χ1) is 11.7. The van der Waals surface area contributed by atoms with Gasteiger partial charge in [-0.25, -0.2) is 0 Å². The number of rotatable bonds is 3. The maximum absolute atomic E-state index is 11.0. The quantitative estimate of drug-likeness (QED) is 0.856. The van der Waals surface area contributed by atoms with E-state index < -0.39 is 0 Å². The fourth-order valence-electron chi connectivity index (χ4n) is 3.41. The molecule has 136 valence electrons. The number of carbonyl (C=O) groups is 1. The van der Waals surface area contributed by atoms with Crippen LogP contribution in [0.15, 0.2) is 12.1 Å². The lowest BCUT2D eigenvalue weighted by Crippen LogP contribution is -2.25. The van der Waals surface area contributed by atoms with Gasteiger partial charge in [0.2, 0.25) is 5.91 Å². The van der Waals surface area contributed by atoms with Crippen LogP contribution >= 0.6 is 0 Å². The molecular formula is C20H34N2O2. The molecule has 1 amide bonds. The number of anilines is 1. The fraction of sp³-hybridized carbons (Fsp3) is 0.650. The van der Waals surface area contributed by atoms with Gasteiger partial charge in [-0.05, 0) is 49.4 Å². The molecule has 2 aliphatic heterocycles. The van der Waals surface area contributed by atoms with E-state index in [0.29, 0.717) is 12.0 Å². The topological polar surface area (TPSA) is 50.4 Å². The van der Waals surface area contributed by atoms with Gasteiger partial charge >= 0.3 is 0 Å². The molecule has 0 bridgehead atoms. The van der Waals surface area contributed by atoms with E-state index in [0.717, 1.165) is 38.2 Å². The summed E-state index contributed by atoms with van der Waals surface area (Å²) in [7, 11) is 0. The molecule has 1 aromatic rings. The Labute approximate surface area is 147 Å². The van der Waals surface area contributed by atoms with E-state index in [4.69, 9.17) is 4.74 Å². The Morgan fingerprint density at radius 2 is 2.00 bits per heavy atom. The summed E-state index contributed by atoms with van der Waals surface area (Å²) in [5.74, 6) is 1.55. The third kappa shape index (κ3) is 4.65. The summed E-state index contributed by atoms with van der Waals surface area (Å²) < 4.78 is 5.78. The van der Waals surface area contributed by atoms with Crippen molar-refractivity contribution in [2.24, 2.45) is 0 Å². The highest BCUT2D eigenvalue weighted by atomic mass is 16.5. The van der Waals surface area contributed by atoms with E-state index in [-0.39, 0.29) is 5.91 Å². The summed E-state index contributed by atoms with van der Waals surface area (Å²) in [6, 6.07) is 4.63. The van der Waals surface area contributed by atoms with Crippen LogP contribution < -0.4 is 15.4 Å². The molecule has 3 rings (SSSR count). The Balaban J connectivity index is 0.000000671. The zero-order chi connectivity index (χ0) is 18.1. The molecule has 4 nitrogen and oxygen atoms in total. The summed E-state index contributed by atoms with van der Waals surface area (Å²) >= 11 is 0. The van der Waals surface area contributed by atoms with Crippen molar-refractivity contribution in [1.29, 1.82) is 0 Å². The highest BCUT2D eigenvalue weighted by molar-refractivity contribution is 5.72. The van der Waals surface area contributed by atoms with Crippen molar-refractivity contribution in [2.75, 3.05) is 18.5 Å². The van der Waals surface area contributed by atoms with Crippen molar-refractivity contribution in [3.63, 3.8) is 0 Å². The first-order valence-electron chi connectivity index (χ1n) is 9.46. The van der Waals surface area contributed by atoms with E-state index >= 15 is 0 Å². The van der Waals surface area contributed by atoms with Gasteiger partial charge in [-0.1, -0.05) is 27.7 Å². The van der Waals surface area contributed by atoms with E-state index in [2.05, 4.69) is 29.7 Å². The van der Waals surface area contributed by atoms with Crippen LogP contribution in [-0.4, -0.2) is 25.1 Å². The van der Waals surface area contributed by atoms with Gasteiger partial charge in [0.1, 0.15) is 5.75 Å². The average Bonchev–Trinajstić information content (AvgIpc) is 2.94. The van der Waals surface area contributed by atoms with Crippen molar-refractivity contribution in [3.05, 3.63) is 23.3 Å². The smallest absolute Gasteiger partial charge is 0.216 e. The number of amides is 1. The van der Waals surface area contributed by atoms with Crippen LogP contribution in [0.2, 0.25) is 0 Å². The van der Waals surface area contributed by atoms with Crippen LogP contribution in [0.25, 0.3) is 0 Å². The van der Waals surface area contributed by atoms with Gasteiger partial charge in [0.05, 0.1) is 6.61 Å². The minimum atomic E-state index is 0.0438. The monoisotopic (exact) mass is 334 g/mol. The zero-order valence-corrected chi connectivity index (χ0v) is 16.2. The van der Waals surface area contributed by atoms with Gasteiger partial charge < -0.3 is 15.4 Å². The second kappa shape index (κ2) is 10.2. The lowest BCUT2D eigenvalue weighted by Gasteiger charge is -2.23. The van der Waals surface area contributed by atoms with Crippen molar-refractivity contribution >= 4 is 11.6 Å². The number of fused-ring (bicyclic) bond motifs is 3. The normalized spacial score (nSPS) is 19.9. The number of nitrogens with one attached hydrogen (secondary N) is 2. The van der Waals surface area contributed by atoms with Gasteiger partial charge in [0.25, 0.3) is 0 Å². The number of benzene rings is 1. The molecular weight excluding hydrogens is 300 g/mol.